The molecule has 0 unspecified atom stereocenters. The van der Waals surface area contributed by atoms with Gasteiger partial charge in [0.25, 0.3) is 11.7 Å². The fourth-order valence-electron chi connectivity index (χ4n) is 1.69. The molecular weight excluding hydrogens is 310 g/mol. The maximum atomic E-state index is 12.4. The maximum Gasteiger partial charge on any atom is 0.290 e. The van der Waals surface area contributed by atoms with Crippen molar-refractivity contribution in [2.75, 3.05) is 13.2 Å². The number of nitrogens with zero attached hydrogens (tertiary/aromatic N) is 1. The minimum atomic E-state index is -2.62. The van der Waals surface area contributed by atoms with E-state index in [1.54, 1.807) is 12.1 Å². The number of ether oxygens (including phenoxy) is 1. The number of thioether (sulfide) groups is 1. The molecule has 2 rings (SSSR count). The Kier molecular flexibility index (Phi) is 6.14. The SMILES string of the molecule is O=C(NCCOc1ccccc1)c1cccnc1SC(F)F. The second-order valence-corrected chi connectivity index (χ2v) is 5.13. The summed E-state index contributed by atoms with van der Waals surface area (Å²) in [5, 5.41) is 2.63. The monoisotopic (exact) mass is 324 g/mol. The second-order valence-electron chi connectivity index (χ2n) is 4.15. The number of para-hydroxylation sites is 1. The van der Waals surface area contributed by atoms with Crippen LogP contribution in [0.2, 0.25) is 0 Å². The van der Waals surface area contributed by atoms with Crippen LogP contribution in [0.3, 0.4) is 0 Å². The Morgan fingerprint density at radius 3 is 2.73 bits per heavy atom. The second kappa shape index (κ2) is 8.33. The summed E-state index contributed by atoms with van der Waals surface area (Å²) in [4.78, 5) is 15.8. The largest absolute Gasteiger partial charge is 0.492 e. The van der Waals surface area contributed by atoms with E-state index in [0.717, 1.165) is 0 Å². The Bertz CT molecular complexity index is 612. The number of halogens is 2. The van der Waals surface area contributed by atoms with Crippen LogP contribution in [0.4, 0.5) is 8.78 Å². The molecule has 0 fully saturated rings. The van der Waals surface area contributed by atoms with E-state index in [0.29, 0.717) is 5.75 Å². The molecule has 1 heterocycles. The van der Waals surface area contributed by atoms with Crippen LogP contribution in [-0.4, -0.2) is 29.8 Å². The van der Waals surface area contributed by atoms with E-state index in [-0.39, 0.29) is 35.5 Å². The molecule has 0 aliphatic rings. The lowest BCUT2D eigenvalue weighted by Crippen LogP contribution is -2.28. The lowest BCUT2D eigenvalue weighted by molar-refractivity contribution is 0.0943. The van der Waals surface area contributed by atoms with Gasteiger partial charge in [-0.3, -0.25) is 4.79 Å². The van der Waals surface area contributed by atoms with Crippen LogP contribution in [0.5, 0.6) is 5.75 Å². The van der Waals surface area contributed by atoms with E-state index in [1.807, 2.05) is 18.2 Å². The van der Waals surface area contributed by atoms with Crippen molar-refractivity contribution in [1.82, 2.24) is 10.3 Å². The van der Waals surface area contributed by atoms with Crippen LogP contribution in [0.1, 0.15) is 10.4 Å². The Hall–Kier alpha value is -2.15. The van der Waals surface area contributed by atoms with Gasteiger partial charge in [0.15, 0.2) is 0 Å². The van der Waals surface area contributed by atoms with Crippen molar-refractivity contribution < 1.29 is 18.3 Å². The van der Waals surface area contributed by atoms with E-state index in [9.17, 15) is 13.6 Å². The Morgan fingerprint density at radius 1 is 1.23 bits per heavy atom. The molecule has 22 heavy (non-hydrogen) atoms. The van der Waals surface area contributed by atoms with Crippen LogP contribution in [0.15, 0.2) is 53.7 Å². The first kappa shape index (κ1) is 16.2. The van der Waals surface area contributed by atoms with Gasteiger partial charge in [-0.2, -0.15) is 8.78 Å². The summed E-state index contributed by atoms with van der Waals surface area (Å²) in [7, 11) is 0. The van der Waals surface area contributed by atoms with E-state index < -0.39 is 11.7 Å². The van der Waals surface area contributed by atoms with Crippen molar-refractivity contribution in [3.63, 3.8) is 0 Å². The minimum Gasteiger partial charge on any atom is -0.492 e. The standard InChI is InChI=1S/C15H14F2N2O2S/c16-15(17)22-14-12(7-4-8-19-14)13(20)18-9-10-21-11-5-2-1-3-6-11/h1-8,15H,9-10H2,(H,18,20). The summed E-state index contributed by atoms with van der Waals surface area (Å²) in [6.07, 6.45) is 1.38. The third kappa shape index (κ3) is 5.00. The summed E-state index contributed by atoms with van der Waals surface area (Å²) in [6.45, 7) is 0.550. The molecule has 1 aromatic carbocycles. The molecule has 0 spiro atoms. The Balaban J connectivity index is 1.85. The lowest BCUT2D eigenvalue weighted by Gasteiger charge is -2.09. The smallest absolute Gasteiger partial charge is 0.290 e. The van der Waals surface area contributed by atoms with Gasteiger partial charge in [-0.15, -0.1) is 0 Å². The summed E-state index contributed by atoms with van der Waals surface area (Å²) >= 11 is 0.253. The molecule has 0 saturated heterocycles. The van der Waals surface area contributed by atoms with Crippen LogP contribution in [-0.2, 0) is 0 Å². The minimum absolute atomic E-state index is 0.0129. The van der Waals surface area contributed by atoms with Crippen molar-refractivity contribution in [1.29, 1.82) is 0 Å². The molecule has 2 aromatic rings. The molecule has 1 aromatic heterocycles. The van der Waals surface area contributed by atoms with Gasteiger partial charge in [0.05, 0.1) is 12.1 Å². The number of rotatable bonds is 7. The molecule has 116 valence electrons. The van der Waals surface area contributed by atoms with Gasteiger partial charge in [-0.05, 0) is 36.0 Å². The summed E-state index contributed by atoms with van der Waals surface area (Å²) in [5.74, 6) is -2.37. The number of benzene rings is 1. The van der Waals surface area contributed by atoms with E-state index in [1.165, 1.54) is 18.3 Å². The van der Waals surface area contributed by atoms with E-state index >= 15 is 0 Å². The highest BCUT2D eigenvalue weighted by Crippen LogP contribution is 2.26. The van der Waals surface area contributed by atoms with Gasteiger partial charge >= 0.3 is 0 Å². The first-order chi connectivity index (χ1) is 10.7. The zero-order valence-corrected chi connectivity index (χ0v) is 12.4. The van der Waals surface area contributed by atoms with Gasteiger partial charge in [0, 0.05) is 6.20 Å². The summed E-state index contributed by atoms with van der Waals surface area (Å²) in [5.41, 5.74) is 0.132. The predicted molar refractivity (Wildman–Crippen MR) is 80.4 cm³/mol. The third-order valence-electron chi connectivity index (χ3n) is 2.62. The number of pyridine rings is 1. The predicted octanol–water partition coefficient (Wildman–Crippen LogP) is 3.21. The third-order valence-corrected chi connectivity index (χ3v) is 3.34. The van der Waals surface area contributed by atoms with Crippen molar-refractivity contribution in [2.45, 2.75) is 10.8 Å². The molecule has 0 aliphatic carbocycles. The van der Waals surface area contributed by atoms with Crippen LogP contribution in [0.25, 0.3) is 0 Å². The van der Waals surface area contributed by atoms with Crippen molar-refractivity contribution >= 4 is 17.7 Å². The van der Waals surface area contributed by atoms with E-state index in [4.69, 9.17) is 4.74 Å². The highest BCUT2D eigenvalue weighted by atomic mass is 32.2. The quantitative estimate of drug-likeness (QED) is 0.628. The van der Waals surface area contributed by atoms with Crippen LogP contribution in [0, 0.1) is 0 Å². The Morgan fingerprint density at radius 2 is 2.00 bits per heavy atom. The molecular formula is C15H14F2N2O2S. The number of hydrogen-bond donors (Lipinski definition) is 1. The number of nitrogens with one attached hydrogen (secondary N) is 1. The summed E-state index contributed by atoms with van der Waals surface area (Å²) < 4.78 is 30.3. The molecule has 0 bridgehead atoms. The Labute approximate surface area is 130 Å². The van der Waals surface area contributed by atoms with Gasteiger partial charge in [0.1, 0.15) is 17.4 Å². The van der Waals surface area contributed by atoms with Crippen LogP contribution < -0.4 is 10.1 Å². The normalized spacial score (nSPS) is 10.5. The molecule has 0 aliphatic heterocycles. The van der Waals surface area contributed by atoms with Gasteiger partial charge in [-0.25, -0.2) is 4.98 Å². The van der Waals surface area contributed by atoms with Gasteiger partial charge in [-0.1, -0.05) is 18.2 Å². The number of aromatic nitrogens is 1. The number of carbonyl (C=O) groups excluding carboxylic acids is 1. The van der Waals surface area contributed by atoms with E-state index in [2.05, 4.69) is 10.3 Å². The maximum absolute atomic E-state index is 12.4. The lowest BCUT2D eigenvalue weighted by atomic mass is 10.2. The highest BCUT2D eigenvalue weighted by Gasteiger charge is 2.16. The topological polar surface area (TPSA) is 51.2 Å². The molecule has 1 amide bonds. The van der Waals surface area contributed by atoms with Crippen molar-refractivity contribution in [3.8, 4) is 5.75 Å². The number of hydrogen-bond acceptors (Lipinski definition) is 4. The molecule has 7 heteroatoms. The van der Waals surface area contributed by atoms with Gasteiger partial charge < -0.3 is 10.1 Å². The fourth-order valence-corrected chi connectivity index (χ4v) is 2.27. The molecule has 0 saturated carbocycles. The first-order valence-corrected chi connectivity index (χ1v) is 7.40. The zero-order chi connectivity index (χ0) is 15.8. The number of amides is 1. The molecule has 0 atom stereocenters. The first-order valence-electron chi connectivity index (χ1n) is 6.52. The van der Waals surface area contributed by atoms with Crippen molar-refractivity contribution in [3.05, 3.63) is 54.2 Å². The summed E-state index contributed by atoms with van der Waals surface area (Å²) in [6, 6.07) is 12.2. The zero-order valence-electron chi connectivity index (χ0n) is 11.5. The molecule has 0 radical (unpaired) electrons. The molecule has 4 nitrogen and oxygen atoms in total. The van der Waals surface area contributed by atoms with Gasteiger partial charge in [0.2, 0.25) is 0 Å². The number of alkyl halides is 2. The molecule has 1 N–H and O–H groups in total. The highest BCUT2D eigenvalue weighted by molar-refractivity contribution is 7.99. The fraction of sp³-hybridized carbons (Fsp3) is 0.200. The van der Waals surface area contributed by atoms with Crippen LogP contribution >= 0.6 is 11.8 Å². The van der Waals surface area contributed by atoms with Crippen molar-refractivity contribution in [2.24, 2.45) is 0 Å². The number of carbonyl (C=O) groups is 1. The average molecular weight is 324 g/mol. The average Bonchev–Trinajstić information content (AvgIpc) is 2.52.